The zero-order chi connectivity index (χ0) is 20.5. The number of ketones is 1. The number of rotatable bonds is 6. The van der Waals surface area contributed by atoms with Crippen LogP contribution in [-0.4, -0.2) is 21.7 Å². The second-order valence-electron chi connectivity index (χ2n) is 7.33. The van der Waals surface area contributed by atoms with Gasteiger partial charge in [0.25, 0.3) is 5.91 Å². The number of pyridine rings is 2. The minimum Gasteiger partial charge on any atom is -0.300 e. The molecule has 0 aliphatic carbocycles. The molecule has 1 amide bonds. The first-order valence-corrected chi connectivity index (χ1v) is 9.83. The molecule has 0 saturated heterocycles. The monoisotopic (exact) mass is 405 g/mol. The molecule has 6 heteroatoms. The summed E-state index contributed by atoms with van der Waals surface area (Å²) in [6.07, 6.45) is 1.30. The Bertz CT molecular complexity index is 1140. The summed E-state index contributed by atoms with van der Waals surface area (Å²) in [7, 11) is 0. The molecular weight excluding hydrogens is 386 g/mol. The van der Waals surface area contributed by atoms with Gasteiger partial charge in [-0.25, -0.2) is 9.97 Å². The Labute approximate surface area is 174 Å². The van der Waals surface area contributed by atoms with Crippen LogP contribution in [0.1, 0.15) is 48.1 Å². The van der Waals surface area contributed by atoms with E-state index in [-0.39, 0.29) is 24.2 Å². The lowest BCUT2D eigenvalue weighted by Crippen LogP contribution is -2.30. The van der Waals surface area contributed by atoms with Gasteiger partial charge in [-0.1, -0.05) is 35.4 Å². The molecule has 0 bridgehead atoms. The molecule has 1 atom stereocenters. The maximum Gasteiger partial charge on any atom is 0.260 e. The number of allylic oxidation sites excluding steroid dienone is 1. The SMILES string of the molecule is C=C(C)CCC(=O)C[C@H]1c2ccccc2C(=O)N1c1ccc2ccc(Cl)nc2n1. The molecule has 0 spiro atoms. The number of hydrogen-bond acceptors (Lipinski definition) is 4. The molecule has 0 saturated carbocycles. The van der Waals surface area contributed by atoms with E-state index in [1.54, 1.807) is 23.1 Å². The lowest BCUT2D eigenvalue weighted by molar-refractivity contribution is -0.119. The summed E-state index contributed by atoms with van der Waals surface area (Å²) in [6.45, 7) is 5.77. The largest absolute Gasteiger partial charge is 0.300 e. The highest BCUT2D eigenvalue weighted by Crippen LogP contribution is 2.39. The normalized spacial score (nSPS) is 15.6. The number of carbonyl (C=O) groups is 2. The van der Waals surface area contributed by atoms with Crippen molar-refractivity contribution in [2.45, 2.75) is 32.2 Å². The number of anilines is 1. The van der Waals surface area contributed by atoms with E-state index in [2.05, 4.69) is 16.5 Å². The van der Waals surface area contributed by atoms with Gasteiger partial charge in [-0.2, -0.15) is 0 Å². The smallest absolute Gasteiger partial charge is 0.260 e. The predicted molar refractivity (Wildman–Crippen MR) is 114 cm³/mol. The number of hydrogen-bond donors (Lipinski definition) is 0. The molecule has 0 fully saturated rings. The van der Waals surface area contributed by atoms with Crippen LogP contribution in [0.3, 0.4) is 0 Å². The van der Waals surface area contributed by atoms with E-state index in [1.807, 2.05) is 37.3 Å². The third kappa shape index (κ3) is 3.78. The van der Waals surface area contributed by atoms with E-state index >= 15 is 0 Å². The first-order valence-electron chi connectivity index (χ1n) is 9.46. The number of carbonyl (C=O) groups excluding carboxylic acids is 2. The molecule has 0 radical (unpaired) electrons. The molecule has 146 valence electrons. The second kappa shape index (κ2) is 7.76. The van der Waals surface area contributed by atoms with Crippen LogP contribution >= 0.6 is 11.6 Å². The van der Waals surface area contributed by atoms with E-state index in [0.29, 0.717) is 35.0 Å². The lowest BCUT2D eigenvalue weighted by Gasteiger charge is -2.24. The number of fused-ring (bicyclic) bond motifs is 2. The summed E-state index contributed by atoms with van der Waals surface area (Å²) >= 11 is 6.01. The zero-order valence-corrected chi connectivity index (χ0v) is 16.8. The minimum atomic E-state index is -0.388. The summed E-state index contributed by atoms with van der Waals surface area (Å²) in [5.74, 6) is 0.396. The van der Waals surface area contributed by atoms with Crippen LogP contribution in [0.2, 0.25) is 5.15 Å². The maximum absolute atomic E-state index is 13.2. The molecular formula is C23H20ClN3O2. The highest BCUT2D eigenvalue weighted by Gasteiger charge is 2.39. The summed E-state index contributed by atoms with van der Waals surface area (Å²) in [5, 5.41) is 1.17. The standard InChI is InChI=1S/C23H20ClN3O2/c1-14(2)7-10-16(28)13-19-17-5-3-4-6-18(17)23(29)27(19)21-12-9-15-8-11-20(24)25-22(15)26-21/h3-6,8-9,11-12,19H,1,7,10,13H2,2H3/t19-/m0/s1. The first kappa shape index (κ1) is 19.3. The first-order chi connectivity index (χ1) is 13.9. The number of aromatic nitrogens is 2. The number of Topliss-reactive ketones (excluding diaryl/α,β-unsaturated/α-hetero) is 1. The van der Waals surface area contributed by atoms with Gasteiger partial charge >= 0.3 is 0 Å². The highest BCUT2D eigenvalue weighted by atomic mass is 35.5. The zero-order valence-electron chi connectivity index (χ0n) is 16.1. The minimum absolute atomic E-state index is 0.0921. The van der Waals surface area contributed by atoms with Crippen molar-refractivity contribution in [2.75, 3.05) is 4.90 Å². The molecule has 2 aromatic heterocycles. The molecule has 1 aromatic carbocycles. The average Bonchev–Trinajstić information content (AvgIpc) is 2.98. The fourth-order valence-corrected chi connectivity index (χ4v) is 3.77. The second-order valence-corrected chi connectivity index (χ2v) is 7.72. The number of benzene rings is 1. The van der Waals surface area contributed by atoms with E-state index < -0.39 is 0 Å². The molecule has 0 N–H and O–H groups in total. The third-order valence-electron chi connectivity index (χ3n) is 5.08. The molecule has 3 heterocycles. The van der Waals surface area contributed by atoms with Gasteiger partial charge in [0, 0.05) is 23.8 Å². The fraction of sp³-hybridized carbons (Fsp3) is 0.217. The van der Waals surface area contributed by atoms with Gasteiger partial charge < -0.3 is 0 Å². The van der Waals surface area contributed by atoms with Gasteiger partial charge in [0.1, 0.15) is 16.8 Å². The van der Waals surface area contributed by atoms with Crippen molar-refractivity contribution in [3.05, 3.63) is 77.0 Å². The highest BCUT2D eigenvalue weighted by molar-refractivity contribution is 6.29. The Morgan fingerprint density at radius 2 is 1.86 bits per heavy atom. The van der Waals surface area contributed by atoms with Gasteiger partial charge in [-0.05, 0) is 49.2 Å². The Morgan fingerprint density at radius 3 is 2.66 bits per heavy atom. The van der Waals surface area contributed by atoms with E-state index in [0.717, 1.165) is 16.5 Å². The van der Waals surface area contributed by atoms with Crippen molar-refractivity contribution in [3.63, 3.8) is 0 Å². The van der Waals surface area contributed by atoms with Crippen molar-refractivity contribution in [1.82, 2.24) is 9.97 Å². The summed E-state index contributed by atoms with van der Waals surface area (Å²) < 4.78 is 0. The molecule has 1 aliphatic rings. The summed E-state index contributed by atoms with van der Waals surface area (Å²) in [5.41, 5.74) is 2.89. The van der Waals surface area contributed by atoms with Gasteiger partial charge in [-0.15, -0.1) is 6.58 Å². The van der Waals surface area contributed by atoms with E-state index in [1.165, 1.54) is 0 Å². The van der Waals surface area contributed by atoms with Crippen molar-refractivity contribution >= 4 is 40.1 Å². The molecule has 0 unspecified atom stereocenters. The van der Waals surface area contributed by atoms with E-state index in [9.17, 15) is 9.59 Å². The molecule has 3 aromatic rings. The van der Waals surface area contributed by atoms with Gasteiger partial charge in [0.15, 0.2) is 5.65 Å². The Morgan fingerprint density at radius 1 is 1.10 bits per heavy atom. The molecule has 4 rings (SSSR count). The van der Waals surface area contributed by atoms with Crippen molar-refractivity contribution in [1.29, 1.82) is 0 Å². The summed E-state index contributed by atoms with van der Waals surface area (Å²) in [6, 6.07) is 14.2. The van der Waals surface area contributed by atoms with Crippen molar-refractivity contribution < 1.29 is 9.59 Å². The third-order valence-corrected chi connectivity index (χ3v) is 5.29. The average molecular weight is 406 g/mol. The topological polar surface area (TPSA) is 63.2 Å². The van der Waals surface area contributed by atoms with Crippen LogP contribution in [0.15, 0.2) is 60.7 Å². The number of amides is 1. The van der Waals surface area contributed by atoms with Crippen LogP contribution in [0, 0.1) is 0 Å². The fourth-order valence-electron chi connectivity index (χ4n) is 3.63. The molecule has 29 heavy (non-hydrogen) atoms. The van der Waals surface area contributed by atoms with Crippen LogP contribution in [0.25, 0.3) is 11.0 Å². The van der Waals surface area contributed by atoms with Gasteiger partial charge in [0.05, 0.1) is 6.04 Å². The van der Waals surface area contributed by atoms with Crippen molar-refractivity contribution in [3.8, 4) is 0 Å². The van der Waals surface area contributed by atoms with Crippen LogP contribution in [0.5, 0.6) is 0 Å². The number of halogens is 1. The predicted octanol–water partition coefficient (Wildman–Crippen LogP) is 5.30. The van der Waals surface area contributed by atoms with E-state index in [4.69, 9.17) is 11.6 Å². The number of nitrogens with zero attached hydrogens (tertiary/aromatic N) is 3. The maximum atomic E-state index is 13.2. The summed E-state index contributed by atoms with van der Waals surface area (Å²) in [4.78, 5) is 36.2. The van der Waals surface area contributed by atoms with Crippen molar-refractivity contribution in [2.24, 2.45) is 0 Å². The molecule has 5 nitrogen and oxygen atoms in total. The van der Waals surface area contributed by atoms with Crippen LogP contribution < -0.4 is 4.90 Å². The Hall–Kier alpha value is -3.05. The lowest BCUT2D eigenvalue weighted by atomic mass is 9.98. The van der Waals surface area contributed by atoms with Gasteiger partial charge in [-0.3, -0.25) is 14.5 Å². The quantitative estimate of drug-likeness (QED) is 0.412. The van der Waals surface area contributed by atoms with Crippen LogP contribution in [0.4, 0.5) is 5.82 Å². The van der Waals surface area contributed by atoms with Gasteiger partial charge in [0.2, 0.25) is 0 Å². The Balaban J connectivity index is 1.73. The molecule has 1 aliphatic heterocycles. The Kier molecular flexibility index (Phi) is 5.16. The van der Waals surface area contributed by atoms with Crippen LogP contribution in [-0.2, 0) is 4.79 Å².